The molecule has 3 rings (SSSR count). The highest BCUT2D eigenvalue weighted by molar-refractivity contribution is 6.08. The van der Waals surface area contributed by atoms with Gasteiger partial charge in [0.25, 0.3) is 0 Å². The maximum Gasteiger partial charge on any atom is 0.343 e. The molecule has 0 unspecified atom stereocenters. The molecule has 0 aliphatic carbocycles. The second-order valence-electron chi connectivity index (χ2n) is 6.68. The standard InChI is InChI=1S/C20H21NO7/c1-12(22)25-11-16-15(26-13(2)23)9-10-17(27-16)20(3)19(24)28-18(21-20)14-7-5-4-6-8-14/h4-10,15-17H,11H2,1-3H3/t15-,16+,17-,20-/m0/s1. The molecule has 8 nitrogen and oxygen atoms in total. The number of nitrogens with zero attached hydrogens (tertiary/aromatic N) is 1. The molecular formula is C20H21NO7. The molecule has 8 heteroatoms. The van der Waals surface area contributed by atoms with E-state index in [0.717, 1.165) is 0 Å². The number of aliphatic imine (C=N–C) groups is 1. The largest absolute Gasteiger partial charge is 0.463 e. The monoisotopic (exact) mass is 387 g/mol. The number of hydrogen-bond donors (Lipinski definition) is 0. The summed E-state index contributed by atoms with van der Waals surface area (Å²) in [5.74, 6) is -1.34. The van der Waals surface area contributed by atoms with Crippen molar-refractivity contribution in [2.24, 2.45) is 4.99 Å². The average Bonchev–Trinajstić information content (AvgIpc) is 2.97. The maximum absolute atomic E-state index is 12.6. The third-order valence-electron chi connectivity index (χ3n) is 4.43. The van der Waals surface area contributed by atoms with Crippen molar-refractivity contribution in [1.29, 1.82) is 0 Å². The lowest BCUT2D eigenvalue weighted by atomic mass is 9.92. The lowest BCUT2D eigenvalue weighted by molar-refractivity contribution is -0.169. The van der Waals surface area contributed by atoms with E-state index in [-0.39, 0.29) is 12.5 Å². The van der Waals surface area contributed by atoms with E-state index >= 15 is 0 Å². The van der Waals surface area contributed by atoms with Crippen molar-refractivity contribution in [3.8, 4) is 0 Å². The van der Waals surface area contributed by atoms with Gasteiger partial charge in [-0.2, -0.15) is 0 Å². The predicted molar refractivity (Wildman–Crippen MR) is 97.5 cm³/mol. The molecule has 0 saturated carbocycles. The molecule has 148 valence electrons. The van der Waals surface area contributed by atoms with Crippen molar-refractivity contribution in [3.63, 3.8) is 0 Å². The van der Waals surface area contributed by atoms with Gasteiger partial charge in [0.2, 0.25) is 5.90 Å². The van der Waals surface area contributed by atoms with Gasteiger partial charge >= 0.3 is 17.9 Å². The van der Waals surface area contributed by atoms with Gasteiger partial charge in [0.1, 0.15) is 24.9 Å². The lowest BCUT2D eigenvalue weighted by Crippen LogP contribution is -2.51. The highest BCUT2D eigenvalue weighted by atomic mass is 16.6. The van der Waals surface area contributed by atoms with Crippen LogP contribution in [0.1, 0.15) is 26.3 Å². The van der Waals surface area contributed by atoms with Crippen LogP contribution in [0.4, 0.5) is 0 Å². The molecule has 0 N–H and O–H groups in total. The van der Waals surface area contributed by atoms with E-state index in [0.29, 0.717) is 5.56 Å². The van der Waals surface area contributed by atoms with Crippen LogP contribution in [-0.4, -0.2) is 54.3 Å². The van der Waals surface area contributed by atoms with Gasteiger partial charge in [0.05, 0.1) is 0 Å². The molecular weight excluding hydrogens is 366 g/mol. The summed E-state index contributed by atoms with van der Waals surface area (Å²) < 4.78 is 21.5. The minimum Gasteiger partial charge on any atom is -0.463 e. The van der Waals surface area contributed by atoms with E-state index in [1.54, 1.807) is 31.2 Å². The Labute approximate surface area is 162 Å². The fourth-order valence-corrected chi connectivity index (χ4v) is 2.96. The zero-order chi connectivity index (χ0) is 20.3. The summed E-state index contributed by atoms with van der Waals surface area (Å²) >= 11 is 0. The maximum atomic E-state index is 12.6. The number of hydrogen-bond acceptors (Lipinski definition) is 8. The first kappa shape index (κ1) is 19.8. The predicted octanol–water partition coefficient (Wildman–Crippen LogP) is 1.57. The van der Waals surface area contributed by atoms with Crippen molar-refractivity contribution in [2.75, 3.05) is 6.61 Å². The van der Waals surface area contributed by atoms with Crippen molar-refractivity contribution in [1.82, 2.24) is 0 Å². The Morgan fingerprint density at radius 2 is 1.86 bits per heavy atom. The molecule has 0 radical (unpaired) electrons. The Bertz CT molecular complexity index is 832. The Morgan fingerprint density at radius 3 is 2.50 bits per heavy atom. The zero-order valence-electron chi connectivity index (χ0n) is 15.8. The van der Waals surface area contributed by atoms with Gasteiger partial charge in [-0.05, 0) is 25.1 Å². The van der Waals surface area contributed by atoms with Gasteiger partial charge in [0, 0.05) is 19.4 Å². The molecule has 0 amide bonds. The van der Waals surface area contributed by atoms with Crippen molar-refractivity contribution < 1.29 is 33.3 Å². The molecule has 28 heavy (non-hydrogen) atoms. The summed E-state index contributed by atoms with van der Waals surface area (Å²) in [6.07, 6.45) is 0.915. The molecule has 0 saturated heterocycles. The summed E-state index contributed by atoms with van der Waals surface area (Å²) in [6, 6.07) is 9.06. The van der Waals surface area contributed by atoms with Gasteiger partial charge in [-0.15, -0.1) is 0 Å². The minimum absolute atomic E-state index is 0.130. The van der Waals surface area contributed by atoms with E-state index in [1.807, 2.05) is 18.2 Å². The normalized spacial score (nSPS) is 29.0. The van der Waals surface area contributed by atoms with Crippen molar-refractivity contribution >= 4 is 23.8 Å². The van der Waals surface area contributed by atoms with Crippen LogP contribution in [0.2, 0.25) is 0 Å². The van der Waals surface area contributed by atoms with Crippen LogP contribution in [0.5, 0.6) is 0 Å². The Balaban J connectivity index is 1.85. The number of carbonyl (C=O) groups is 3. The highest BCUT2D eigenvalue weighted by Crippen LogP contribution is 2.32. The van der Waals surface area contributed by atoms with Crippen LogP contribution >= 0.6 is 0 Å². The summed E-state index contributed by atoms with van der Waals surface area (Å²) in [6.45, 7) is 4.02. The number of carbonyl (C=O) groups excluding carboxylic acids is 3. The number of esters is 3. The highest BCUT2D eigenvalue weighted by Gasteiger charge is 2.51. The van der Waals surface area contributed by atoms with E-state index in [9.17, 15) is 14.4 Å². The van der Waals surface area contributed by atoms with Gasteiger partial charge < -0.3 is 18.9 Å². The summed E-state index contributed by atoms with van der Waals surface area (Å²) in [5, 5.41) is 0. The smallest absolute Gasteiger partial charge is 0.343 e. The molecule has 2 aliphatic rings. The molecule has 2 aliphatic heterocycles. The Kier molecular flexibility index (Phi) is 5.60. The number of ether oxygens (including phenoxy) is 4. The van der Waals surface area contributed by atoms with E-state index in [1.165, 1.54) is 13.8 Å². The van der Waals surface area contributed by atoms with Crippen LogP contribution in [0.25, 0.3) is 0 Å². The molecule has 1 aromatic carbocycles. The molecule has 0 aromatic heterocycles. The Morgan fingerprint density at radius 1 is 1.14 bits per heavy atom. The fourth-order valence-electron chi connectivity index (χ4n) is 2.96. The summed E-state index contributed by atoms with van der Waals surface area (Å²) in [4.78, 5) is 39.6. The summed E-state index contributed by atoms with van der Waals surface area (Å²) in [7, 11) is 0. The number of benzene rings is 1. The second-order valence-corrected chi connectivity index (χ2v) is 6.68. The van der Waals surface area contributed by atoms with Gasteiger partial charge in [0.15, 0.2) is 5.54 Å². The SMILES string of the molecule is CC(=O)OC[C@H]1O[C@H]([C@]2(C)N=C(c3ccccc3)OC2=O)C=C[C@@H]1OC(C)=O. The first-order valence-corrected chi connectivity index (χ1v) is 8.81. The lowest BCUT2D eigenvalue weighted by Gasteiger charge is -2.35. The number of rotatable bonds is 5. The quantitative estimate of drug-likeness (QED) is 0.429. The number of cyclic esters (lactones) is 1. The van der Waals surface area contributed by atoms with E-state index in [4.69, 9.17) is 18.9 Å². The second kappa shape index (κ2) is 7.93. The third kappa shape index (κ3) is 4.12. The van der Waals surface area contributed by atoms with Gasteiger partial charge in [-0.25, -0.2) is 9.79 Å². The Hall–Kier alpha value is -3.00. The molecule has 0 fully saturated rings. The fraction of sp³-hybridized carbons (Fsp3) is 0.400. The first-order valence-electron chi connectivity index (χ1n) is 8.81. The minimum atomic E-state index is -1.32. The van der Waals surface area contributed by atoms with Crippen LogP contribution in [0.3, 0.4) is 0 Å². The molecule has 1 aromatic rings. The first-order chi connectivity index (χ1) is 13.3. The van der Waals surface area contributed by atoms with Crippen molar-refractivity contribution in [2.45, 2.75) is 44.6 Å². The van der Waals surface area contributed by atoms with Crippen LogP contribution < -0.4 is 0 Å². The van der Waals surface area contributed by atoms with E-state index in [2.05, 4.69) is 4.99 Å². The molecule has 2 heterocycles. The van der Waals surface area contributed by atoms with Gasteiger partial charge in [-0.1, -0.05) is 24.3 Å². The van der Waals surface area contributed by atoms with Crippen LogP contribution in [0.15, 0.2) is 47.5 Å². The summed E-state index contributed by atoms with van der Waals surface area (Å²) in [5.41, 5.74) is -0.647. The van der Waals surface area contributed by atoms with E-state index < -0.39 is 41.8 Å². The van der Waals surface area contributed by atoms with Crippen LogP contribution in [-0.2, 0) is 33.3 Å². The average molecular weight is 387 g/mol. The van der Waals surface area contributed by atoms with Crippen LogP contribution in [0, 0.1) is 0 Å². The molecule has 0 bridgehead atoms. The van der Waals surface area contributed by atoms with Gasteiger partial charge in [-0.3, -0.25) is 9.59 Å². The molecule has 4 atom stereocenters. The van der Waals surface area contributed by atoms with Crippen molar-refractivity contribution in [3.05, 3.63) is 48.0 Å². The topological polar surface area (TPSA) is 100 Å². The zero-order valence-corrected chi connectivity index (χ0v) is 15.8. The third-order valence-corrected chi connectivity index (χ3v) is 4.43. The molecule has 0 spiro atoms.